The first kappa shape index (κ1) is 9.56. The quantitative estimate of drug-likeness (QED) is 0.669. The van der Waals surface area contributed by atoms with Crippen molar-refractivity contribution in [1.82, 2.24) is 0 Å². The van der Waals surface area contributed by atoms with Gasteiger partial charge in [0.15, 0.2) is 0 Å². The summed E-state index contributed by atoms with van der Waals surface area (Å²) in [4.78, 5) is 0. The van der Waals surface area contributed by atoms with Crippen LogP contribution in [0.15, 0.2) is 24.3 Å². The van der Waals surface area contributed by atoms with E-state index in [2.05, 4.69) is 0 Å². The molecule has 1 unspecified atom stereocenters. The highest BCUT2D eigenvalue weighted by atomic mass is 35.5. The normalized spacial score (nSPS) is 13.4. The fraction of sp³-hybridized carbons (Fsp3) is 0.400. The zero-order valence-corrected chi connectivity index (χ0v) is 8.01. The first-order chi connectivity index (χ1) is 5.63. The van der Waals surface area contributed by atoms with Gasteiger partial charge in [-0.15, -0.1) is 0 Å². The molecule has 0 fully saturated rings. The molecule has 1 aromatic rings. The maximum atomic E-state index is 11.6. The van der Waals surface area contributed by atoms with Crippen LogP contribution >= 0.6 is 11.6 Å². The molecule has 0 amide bonds. The van der Waals surface area contributed by atoms with Crippen molar-refractivity contribution in [3.63, 3.8) is 0 Å². The van der Waals surface area contributed by atoms with Crippen molar-refractivity contribution in [2.75, 3.05) is 0 Å². The second kappa shape index (κ2) is 3.92. The van der Waals surface area contributed by atoms with Crippen molar-refractivity contribution in [1.29, 1.82) is 0 Å². The average Bonchev–Trinajstić information content (AvgIpc) is 2.04. The Morgan fingerprint density at radius 2 is 1.83 bits per heavy atom. The molecule has 1 aromatic carbocycles. The third-order valence-electron chi connectivity index (χ3n) is 1.82. The van der Waals surface area contributed by atoms with Crippen LogP contribution in [-0.4, -0.2) is 0 Å². The van der Waals surface area contributed by atoms with Gasteiger partial charge in [-0.1, -0.05) is 43.6 Å². The van der Waals surface area contributed by atoms with Gasteiger partial charge in [-0.05, 0) is 12.0 Å². The van der Waals surface area contributed by atoms with Crippen molar-refractivity contribution < 1.29 is 5.11 Å². The summed E-state index contributed by atoms with van der Waals surface area (Å²) in [6.45, 7) is 3.81. The summed E-state index contributed by atoms with van der Waals surface area (Å²) < 4.78 is 0. The van der Waals surface area contributed by atoms with Crippen molar-refractivity contribution in [2.45, 2.75) is 20.0 Å². The van der Waals surface area contributed by atoms with Gasteiger partial charge in [-0.25, -0.2) is 5.11 Å². The van der Waals surface area contributed by atoms with Crippen LogP contribution in [0.2, 0.25) is 5.02 Å². The minimum absolute atomic E-state index is 0.0879. The molecule has 1 radical (unpaired) electrons. The molecule has 0 bridgehead atoms. The minimum atomic E-state index is -0.710. The molecule has 65 valence electrons. The summed E-state index contributed by atoms with van der Waals surface area (Å²) in [5.74, 6) is 0.0879. The number of hydrogen-bond donors (Lipinski definition) is 0. The summed E-state index contributed by atoms with van der Waals surface area (Å²) >= 11 is 5.86. The highest BCUT2D eigenvalue weighted by molar-refractivity contribution is 6.31. The molecule has 2 heteroatoms. The van der Waals surface area contributed by atoms with Gasteiger partial charge in [0.05, 0.1) is 0 Å². The van der Waals surface area contributed by atoms with Crippen LogP contribution in [0.5, 0.6) is 0 Å². The Morgan fingerprint density at radius 1 is 1.25 bits per heavy atom. The lowest BCUT2D eigenvalue weighted by Gasteiger charge is -2.13. The number of benzene rings is 1. The van der Waals surface area contributed by atoms with Crippen LogP contribution in [0.4, 0.5) is 0 Å². The second-order valence-electron chi connectivity index (χ2n) is 3.19. The van der Waals surface area contributed by atoms with E-state index in [4.69, 9.17) is 11.6 Å². The molecule has 0 aliphatic rings. The van der Waals surface area contributed by atoms with Crippen molar-refractivity contribution >= 4 is 11.6 Å². The van der Waals surface area contributed by atoms with Crippen molar-refractivity contribution in [3.8, 4) is 0 Å². The third kappa shape index (κ3) is 1.99. The lowest BCUT2D eigenvalue weighted by atomic mass is 9.99. The van der Waals surface area contributed by atoms with E-state index in [-0.39, 0.29) is 5.92 Å². The van der Waals surface area contributed by atoms with Gasteiger partial charge in [0, 0.05) is 10.6 Å². The van der Waals surface area contributed by atoms with E-state index >= 15 is 0 Å². The molecule has 1 rings (SSSR count). The largest absolute Gasteiger partial charge is 0.228 e. The molecule has 1 atom stereocenters. The standard InChI is InChI=1S/C10H12ClO/c1-7(2)10(12)8-5-3-4-6-9(8)11/h3-7,10H,1-2H3. The first-order valence-electron chi connectivity index (χ1n) is 4.03. The summed E-state index contributed by atoms with van der Waals surface area (Å²) in [7, 11) is 0. The Labute approximate surface area is 78.0 Å². The molecule has 0 heterocycles. The maximum absolute atomic E-state index is 11.6. The second-order valence-corrected chi connectivity index (χ2v) is 3.59. The highest BCUT2D eigenvalue weighted by Gasteiger charge is 2.15. The summed E-state index contributed by atoms with van der Waals surface area (Å²) in [5, 5.41) is 12.1. The Kier molecular flexibility index (Phi) is 3.12. The average molecular weight is 184 g/mol. The number of halogens is 1. The Hall–Kier alpha value is -0.530. The maximum Gasteiger partial charge on any atom is 0.122 e. The molecule has 0 saturated carbocycles. The Balaban J connectivity index is 2.94. The zero-order valence-electron chi connectivity index (χ0n) is 7.25. The van der Waals surface area contributed by atoms with Crippen LogP contribution in [0, 0.1) is 5.92 Å². The summed E-state index contributed by atoms with van der Waals surface area (Å²) in [6, 6.07) is 7.22. The molecule has 0 aromatic heterocycles. The predicted octanol–water partition coefficient (Wildman–Crippen LogP) is 3.47. The van der Waals surface area contributed by atoms with Gasteiger partial charge in [0.2, 0.25) is 0 Å². The molecule has 0 N–H and O–H groups in total. The molecular formula is C10H12ClO. The van der Waals surface area contributed by atoms with Gasteiger partial charge in [0.25, 0.3) is 0 Å². The molecule has 0 aliphatic carbocycles. The molecule has 12 heavy (non-hydrogen) atoms. The molecule has 0 saturated heterocycles. The van der Waals surface area contributed by atoms with E-state index in [1.807, 2.05) is 26.0 Å². The lowest BCUT2D eigenvalue weighted by molar-refractivity contribution is 0.0489. The van der Waals surface area contributed by atoms with Gasteiger partial charge in [0.1, 0.15) is 6.10 Å². The first-order valence-corrected chi connectivity index (χ1v) is 4.41. The van der Waals surface area contributed by atoms with Gasteiger partial charge >= 0.3 is 0 Å². The van der Waals surface area contributed by atoms with E-state index in [1.54, 1.807) is 12.1 Å². The van der Waals surface area contributed by atoms with Gasteiger partial charge in [-0.3, -0.25) is 0 Å². The molecular weight excluding hydrogens is 172 g/mol. The highest BCUT2D eigenvalue weighted by Crippen LogP contribution is 2.27. The lowest BCUT2D eigenvalue weighted by Crippen LogP contribution is -2.04. The SMILES string of the molecule is CC(C)C([O])c1ccccc1Cl. The minimum Gasteiger partial charge on any atom is -0.228 e. The van der Waals surface area contributed by atoms with Crippen LogP contribution in [-0.2, 0) is 5.11 Å². The Morgan fingerprint density at radius 3 is 2.33 bits per heavy atom. The molecule has 0 spiro atoms. The van der Waals surface area contributed by atoms with Crippen LogP contribution in [0.3, 0.4) is 0 Å². The van der Waals surface area contributed by atoms with Crippen LogP contribution < -0.4 is 0 Å². The van der Waals surface area contributed by atoms with Crippen molar-refractivity contribution in [2.24, 2.45) is 5.92 Å². The number of rotatable bonds is 2. The van der Waals surface area contributed by atoms with E-state index in [9.17, 15) is 5.11 Å². The van der Waals surface area contributed by atoms with E-state index < -0.39 is 6.10 Å². The summed E-state index contributed by atoms with van der Waals surface area (Å²) in [5.41, 5.74) is 0.703. The molecule has 1 nitrogen and oxygen atoms in total. The fourth-order valence-electron chi connectivity index (χ4n) is 1.06. The van der Waals surface area contributed by atoms with Gasteiger partial charge in [-0.2, -0.15) is 0 Å². The topological polar surface area (TPSA) is 19.9 Å². The third-order valence-corrected chi connectivity index (χ3v) is 2.16. The van der Waals surface area contributed by atoms with E-state index in [0.717, 1.165) is 0 Å². The van der Waals surface area contributed by atoms with E-state index in [0.29, 0.717) is 10.6 Å². The van der Waals surface area contributed by atoms with Gasteiger partial charge < -0.3 is 0 Å². The van der Waals surface area contributed by atoms with Crippen LogP contribution in [0.25, 0.3) is 0 Å². The summed E-state index contributed by atoms with van der Waals surface area (Å²) in [6.07, 6.45) is -0.710. The smallest absolute Gasteiger partial charge is 0.122 e. The van der Waals surface area contributed by atoms with E-state index in [1.165, 1.54) is 0 Å². The fourth-order valence-corrected chi connectivity index (χ4v) is 1.31. The predicted molar refractivity (Wildman–Crippen MR) is 49.7 cm³/mol. The van der Waals surface area contributed by atoms with Crippen molar-refractivity contribution in [3.05, 3.63) is 34.9 Å². The number of hydrogen-bond acceptors (Lipinski definition) is 0. The monoisotopic (exact) mass is 183 g/mol. The zero-order chi connectivity index (χ0) is 9.14. The molecule has 0 aliphatic heterocycles. The van der Waals surface area contributed by atoms with Crippen LogP contribution in [0.1, 0.15) is 25.5 Å². The Bertz CT molecular complexity index is 258.